The van der Waals surface area contributed by atoms with E-state index in [0.29, 0.717) is 36.3 Å². The summed E-state index contributed by atoms with van der Waals surface area (Å²) in [6.45, 7) is 4.11. The van der Waals surface area contributed by atoms with E-state index in [1.807, 2.05) is 36.4 Å². The molecule has 1 aromatic heterocycles. The highest BCUT2D eigenvalue weighted by atomic mass is 16.5. The highest BCUT2D eigenvalue weighted by Gasteiger charge is 2.24. The molecule has 6 nitrogen and oxygen atoms in total. The number of aromatic nitrogens is 2. The minimum atomic E-state index is 0.169. The molecule has 0 radical (unpaired) electrons. The average Bonchev–Trinajstić information content (AvgIpc) is 3.24. The fourth-order valence-corrected chi connectivity index (χ4v) is 3.29. The van der Waals surface area contributed by atoms with E-state index in [2.05, 4.69) is 29.3 Å². The van der Waals surface area contributed by atoms with Crippen LogP contribution >= 0.6 is 0 Å². The monoisotopic (exact) mass is 348 g/mol. The molecule has 0 bridgehead atoms. The molecule has 26 heavy (non-hydrogen) atoms. The van der Waals surface area contributed by atoms with Gasteiger partial charge in [-0.2, -0.15) is 4.98 Å². The number of nitrogens with zero attached hydrogens (tertiary/aromatic N) is 2. The molecule has 0 saturated heterocycles. The lowest BCUT2D eigenvalue weighted by atomic mass is 10.0. The Labute approximate surface area is 151 Å². The van der Waals surface area contributed by atoms with Crippen LogP contribution in [0.25, 0.3) is 22.8 Å². The van der Waals surface area contributed by atoms with Crippen molar-refractivity contribution in [3.05, 3.63) is 47.5 Å². The summed E-state index contributed by atoms with van der Waals surface area (Å²) in [5.41, 5.74) is 11.0. The summed E-state index contributed by atoms with van der Waals surface area (Å²) in [5.74, 6) is 1.07. The lowest BCUT2D eigenvalue weighted by Crippen LogP contribution is -2.11. The molecule has 0 aliphatic heterocycles. The molecule has 1 heterocycles. The van der Waals surface area contributed by atoms with Crippen molar-refractivity contribution in [2.45, 2.75) is 32.7 Å². The number of nitrogen functional groups attached to an aromatic ring is 1. The van der Waals surface area contributed by atoms with E-state index in [0.717, 1.165) is 27.9 Å². The van der Waals surface area contributed by atoms with Gasteiger partial charge in [0.1, 0.15) is 0 Å². The lowest BCUT2D eigenvalue weighted by Gasteiger charge is -2.12. The van der Waals surface area contributed by atoms with Crippen molar-refractivity contribution >= 4 is 17.2 Å². The summed E-state index contributed by atoms with van der Waals surface area (Å²) < 4.78 is 5.47. The summed E-state index contributed by atoms with van der Waals surface area (Å²) in [7, 11) is 0. The number of fused-ring (bicyclic) bond motifs is 1. The number of rotatable bonds is 4. The third-order valence-electron chi connectivity index (χ3n) is 4.49. The van der Waals surface area contributed by atoms with Crippen LogP contribution in [0.15, 0.2) is 40.9 Å². The van der Waals surface area contributed by atoms with Gasteiger partial charge in [0.15, 0.2) is 5.78 Å². The molecule has 0 amide bonds. The Bertz CT molecular complexity index is 991. The van der Waals surface area contributed by atoms with Gasteiger partial charge in [0.05, 0.1) is 11.4 Å². The van der Waals surface area contributed by atoms with Gasteiger partial charge >= 0.3 is 0 Å². The molecule has 0 fully saturated rings. The molecule has 4 rings (SSSR count). The van der Waals surface area contributed by atoms with Gasteiger partial charge in [0.25, 0.3) is 5.89 Å². The van der Waals surface area contributed by atoms with E-state index in [9.17, 15) is 4.79 Å². The predicted molar refractivity (Wildman–Crippen MR) is 101 cm³/mol. The summed E-state index contributed by atoms with van der Waals surface area (Å²) in [5, 5.41) is 7.39. The number of hydrogen-bond acceptors (Lipinski definition) is 6. The fourth-order valence-electron chi connectivity index (χ4n) is 3.29. The molecular weight excluding hydrogens is 328 g/mol. The Balaban J connectivity index is 1.68. The second-order valence-electron chi connectivity index (χ2n) is 6.78. The SMILES string of the molecule is CC(C)Nc1ccc(-c2noc(-c3cccc4c3CCC4=O)n2)cc1N. The third-order valence-corrected chi connectivity index (χ3v) is 4.49. The van der Waals surface area contributed by atoms with E-state index in [-0.39, 0.29) is 5.78 Å². The second kappa shape index (κ2) is 6.29. The van der Waals surface area contributed by atoms with Crippen molar-refractivity contribution in [2.24, 2.45) is 0 Å². The number of hydrogen-bond donors (Lipinski definition) is 2. The lowest BCUT2D eigenvalue weighted by molar-refractivity contribution is 0.0994. The zero-order valence-electron chi connectivity index (χ0n) is 14.7. The topological polar surface area (TPSA) is 94.0 Å². The standard InChI is InChI=1S/C20H20N4O2/c1-11(2)22-17-8-6-12(10-16(17)21)19-23-20(26-24-19)15-5-3-4-14-13(15)7-9-18(14)25/h3-6,8,10-11,22H,7,9,21H2,1-2H3. The third kappa shape index (κ3) is 2.83. The van der Waals surface area contributed by atoms with Gasteiger partial charge in [-0.15, -0.1) is 0 Å². The Morgan fingerprint density at radius 1 is 1.15 bits per heavy atom. The Hall–Kier alpha value is -3.15. The smallest absolute Gasteiger partial charge is 0.258 e. The van der Waals surface area contributed by atoms with Crippen LogP contribution in [0.3, 0.4) is 0 Å². The Morgan fingerprint density at radius 3 is 2.73 bits per heavy atom. The van der Waals surface area contributed by atoms with Gasteiger partial charge in [-0.05, 0) is 50.1 Å². The molecule has 6 heteroatoms. The summed E-state index contributed by atoms with van der Waals surface area (Å²) >= 11 is 0. The molecule has 132 valence electrons. The Kier molecular flexibility index (Phi) is 3.95. The predicted octanol–water partition coefficient (Wildman–Crippen LogP) is 3.94. The van der Waals surface area contributed by atoms with Crippen molar-refractivity contribution in [3.8, 4) is 22.8 Å². The Morgan fingerprint density at radius 2 is 1.96 bits per heavy atom. The first-order valence-corrected chi connectivity index (χ1v) is 8.68. The summed E-state index contributed by atoms with van der Waals surface area (Å²) in [6.07, 6.45) is 1.25. The maximum Gasteiger partial charge on any atom is 0.258 e. The van der Waals surface area contributed by atoms with Gasteiger partial charge < -0.3 is 15.6 Å². The van der Waals surface area contributed by atoms with E-state index in [4.69, 9.17) is 10.3 Å². The summed E-state index contributed by atoms with van der Waals surface area (Å²) in [6, 6.07) is 11.6. The van der Waals surface area contributed by atoms with Crippen LogP contribution in [-0.2, 0) is 6.42 Å². The maximum atomic E-state index is 11.9. The molecule has 0 unspecified atom stereocenters. The minimum absolute atomic E-state index is 0.169. The van der Waals surface area contributed by atoms with Gasteiger partial charge in [0.2, 0.25) is 5.82 Å². The number of nitrogens with one attached hydrogen (secondary N) is 1. The molecule has 2 aromatic carbocycles. The number of benzene rings is 2. The molecule has 3 N–H and O–H groups in total. The molecule has 0 saturated carbocycles. The number of carbonyl (C=O) groups excluding carboxylic acids is 1. The summed E-state index contributed by atoms with van der Waals surface area (Å²) in [4.78, 5) is 16.5. The number of nitrogens with two attached hydrogens (primary N) is 1. The molecule has 3 aromatic rings. The zero-order chi connectivity index (χ0) is 18.3. The van der Waals surface area contributed by atoms with Crippen molar-refractivity contribution in [3.63, 3.8) is 0 Å². The molecule has 1 aliphatic carbocycles. The normalized spacial score (nSPS) is 13.3. The highest BCUT2D eigenvalue weighted by Crippen LogP contribution is 2.33. The van der Waals surface area contributed by atoms with Crippen LogP contribution in [0.1, 0.15) is 36.2 Å². The average molecular weight is 348 g/mol. The van der Waals surface area contributed by atoms with Crippen molar-refractivity contribution < 1.29 is 9.32 Å². The van der Waals surface area contributed by atoms with Crippen molar-refractivity contribution in [1.82, 2.24) is 10.1 Å². The first kappa shape index (κ1) is 16.3. The van der Waals surface area contributed by atoms with Crippen LogP contribution in [0.2, 0.25) is 0 Å². The minimum Gasteiger partial charge on any atom is -0.397 e. The van der Waals surface area contributed by atoms with Gasteiger partial charge in [-0.3, -0.25) is 4.79 Å². The first-order chi connectivity index (χ1) is 12.5. The number of carbonyl (C=O) groups is 1. The zero-order valence-corrected chi connectivity index (χ0v) is 14.7. The van der Waals surface area contributed by atoms with E-state index >= 15 is 0 Å². The number of anilines is 2. The van der Waals surface area contributed by atoms with Crippen LogP contribution in [-0.4, -0.2) is 22.0 Å². The highest BCUT2D eigenvalue weighted by molar-refractivity contribution is 6.02. The molecule has 1 aliphatic rings. The molecular formula is C20H20N4O2. The second-order valence-corrected chi connectivity index (χ2v) is 6.78. The van der Waals surface area contributed by atoms with Gasteiger partial charge in [-0.1, -0.05) is 17.3 Å². The number of ketones is 1. The van der Waals surface area contributed by atoms with Crippen LogP contribution in [0.4, 0.5) is 11.4 Å². The van der Waals surface area contributed by atoms with Crippen molar-refractivity contribution in [1.29, 1.82) is 0 Å². The maximum absolute atomic E-state index is 11.9. The van der Waals surface area contributed by atoms with Gasteiger partial charge in [-0.25, -0.2) is 0 Å². The van der Waals surface area contributed by atoms with E-state index in [1.54, 1.807) is 0 Å². The van der Waals surface area contributed by atoms with Gasteiger partial charge in [0, 0.05) is 29.2 Å². The van der Waals surface area contributed by atoms with Crippen LogP contribution in [0.5, 0.6) is 0 Å². The molecule has 0 spiro atoms. The van der Waals surface area contributed by atoms with Crippen LogP contribution in [0, 0.1) is 0 Å². The largest absolute Gasteiger partial charge is 0.397 e. The number of Topliss-reactive ketones (excluding diaryl/α,β-unsaturated/α-hetero) is 1. The fraction of sp³-hybridized carbons (Fsp3) is 0.250. The van der Waals surface area contributed by atoms with E-state index < -0.39 is 0 Å². The molecule has 0 atom stereocenters. The van der Waals surface area contributed by atoms with E-state index in [1.165, 1.54) is 0 Å². The van der Waals surface area contributed by atoms with Crippen LogP contribution < -0.4 is 11.1 Å². The van der Waals surface area contributed by atoms with Crippen molar-refractivity contribution in [2.75, 3.05) is 11.1 Å². The first-order valence-electron chi connectivity index (χ1n) is 8.68. The quantitative estimate of drug-likeness (QED) is 0.694.